The Morgan fingerprint density at radius 2 is 1.69 bits per heavy atom. The van der Waals surface area contributed by atoms with Crippen molar-refractivity contribution in [3.63, 3.8) is 0 Å². The van der Waals surface area contributed by atoms with E-state index in [4.69, 9.17) is 0 Å². The molecule has 0 saturated carbocycles. The van der Waals surface area contributed by atoms with Gasteiger partial charge in [-0.25, -0.2) is 8.42 Å². The highest BCUT2D eigenvalue weighted by atomic mass is 32.2. The Hall–Kier alpha value is -2.77. The summed E-state index contributed by atoms with van der Waals surface area (Å²) in [6.07, 6.45) is 0. The third-order valence-electron chi connectivity index (χ3n) is 4.93. The lowest BCUT2D eigenvalue weighted by atomic mass is 10.1. The number of carbonyl (C=O) groups is 1. The maximum atomic E-state index is 12.7. The second kappa shape index (κ2) is 7.24. The van der Waals surface area contributed by atoms with Crippen molar-refractivity contribution in [3.8, 4) is 0 Å². The van der Waals surface area contributed by atoms with Crippen LogP contribution in [0.1, 0.15) is 24.2 Å². The van der Waals surface area contributed by atoms with E-state index in [9.17, 15) is 13.2 Å². The van der Waals surface area contributed by atoms with Crippen molar-refractivity contribution < 1.29 is 13.2 Å². The largest absolute Gasteiger partial charge is 0.319 e. The zero-order valence-corrected chi connectivity index (χ0v) is 17.9. The van der Waals surface area contributed by atoms with Gasteiger partial charge < -0.3 is 4.57 Å². The van der Waals surface area contributed by atoms with Crippen LogP contribution in [0.3, 0.4) is 0 Å². The minimum atomic E-state index is -3.37. The molecular weight excluding hydrogens is 404 g/mol. The molecule has 0 unspecified atom stereocenters. The van der Waals surface area contributed by atoms with Gasteiger partial charge in [-0.1, -0.05) is 41.7 Å². The molecule has 1 aromatic heterocycles. The fourth-order valence-electron chi connectivity index (χ4n) is 3.23. The first-order chi connectivity index (χ1) is 13.8. The second-order valence-electron chi connectivity index (χ2n) is 7.11. The molecule has 0 aliphatic heterocycles. The quantitative estimate of drug-likeness (QED) is 0.492. The Labute approximate surface area is 172 Å². The molecule has 148 valence electrons. The van der Waals surface area contributed by atoms with Gasteiger partial charge in [0.1, 0.15) is 0 Å². The van der Waals surface area contributed by atoms with Crippen LogP contribution >= 0.6 is 11.3 Å². The highest BCUT2D eigenvalue weighted by Gasteiger charge is 2.19. The summed E-state index contributed by atoms with van der Waals surface area (Å²) in [5.74, 6) is -0.398. The second-order valence-corrected chi connectivity index (χ2v) is 10.6. The molecule has 0 radical (unpaired) electrons. The van der Waals surface area contributed by atoms with Gasteiger partial charge in [-0.2, -0.15) is 4.99 Å². The van der Waals surface area contributed by atoms with E-state index in [-0.39, 0.29) is 4.90 Å². The van der Waals surface area contributed by atoms with Crippen molar-refractivity contribution in [1.82, 2.24) is 4.57 Å². The summed E-state index contributed by atoms with van der Waals surface area (Å²) in [6.45, 7) is 3.27. The molecule has 4 rings (SSSR count). The third kappa shape index (κ3) is 3.41. The van der Waals surface area contributed by atoms with Crippen LogP contribution in [0.2, 0.25) is 0 Å². The van der Waals surface area contributed by atoms with Crippen LogP contribution < -0.4 is 4.80 Å². The SMILES string of the molecule is CC(C)S(=O)(=O)c1ccc(C(=O)N=c2sc3ccc4ccccc4c3n2C)cc1. The molecule has 5 nitrogen and oxygen atoms in total. The fraction of sp³-hybridized carbons (Fsp3) is 0.182. The van der Waals surface area contributed by atoms with Gasteiger partial charge >= 0.3 is 0 Å². The van der Waals surface area contributed by atoms with E-state index >= 15 is 0 Å². The molecule has 0 aliphatic carbocycles. The number of carbonyl (C=O) groups excluding carboxylic acids is 1. The molecule has 0 bridgehead atoms. The lowest BCUT2D eigenvalue weighted by Crippen LogP contribution is -2.15. The summed E-state index contributed by atoms with van der Waals surface area (Å²) in [5, 5.41) is 1.73. The summed E-state index contributed by atoms with van der Waals surface area (Å²) >= 11 is 1.45. The Morgan fingerprint density at radius 3 is 2.38 bits per heavy atom. The van der Waals surface area contributed by atoms with Crippen molar-refractivity contribution in [2.24, 2.45) is 12.0 Å². The number of nitrogens with zero attached hydrogens (tertiary/aromatic N) is 2. The van der Waals surface area contributed by atoms with Crippen LogP contribution in [-0.2, 0) is 16.9 Å². The molecule has 3 aromatic carbocycles. The Morgan fingerprint density at radius 1 is 1.00 bits per heavy atom. The first-order valence-electron chi connectivity index (χ1n) is 9.19. The number of hydrogen-bond acceptors (Lipinski definition) is 4. The molecule has 0 spiro atoms. The van der Waals surface area contributed by atoms with E-state index in [2.05, 4.69) is 23.2 Å². The Bertz CT molecular complexity index is 1410. The fourth-order valence-corrected chi connectivity index (χ4v) is 5.33. The van der Waals surface area contributed by atoms with E-state index in [1.807, 2.05) is 29.8 Å². The number of aromatic nitrogens is 1. The number of amides is 1. The van der Waals surface area contributed by atoms with Crippen LogP contribution in [0.25, 0.3) is 21.0 Å². The average Bonchev–Trinajstić information content (AvgIpc) is 3.03. The molecule has 0 fully saturated rings. The number of aryl methyl sites for hydroxylation is 1. The van der Waals surface area contributed by atoms with Crippen LogP contribution in [0.4, 0.5) is 0 Å². The van der Waals surface area contributed by atoms with E-state index in [1.54, 1.807) is 13.8 Å². The number of rotatable bonds is 3. The number of thiazole rings is 1. The maximum absolute atomic E-state index is 12.7. The van der Waals surface area contributed by atoms with Crippen molar-refractivity contribution in [2.45, 2.75) is 24.0 Å². The molecule has 0 saturated heterocycles. The van der Waals surface area contributed by atoms with E-state index in [1.165, 1.54) is 35.6 Å². The molecule has 0 aliphatic rings. The molecule has 0 N–H and O–H groups in total. The highest BCUT2D eigenvalue weighted by molar-refractivity contribution is 7.92. The van der Waals surface area contributed by atoms with Crippen LogP contribution in [0.5, 0.6) is 0 Å². The zero-order chi connectivity index (χ0) is 20.8. The highest BCUT2D eigenvalue weighted by Crippen LogP contribution is 2.26. The van der Waals surface area contributed by atoms with Gasteiger partial charge in [0.25, 0.3) is 5.91 Å². The summed E-state index contributed by atoms with van der Waals surface area (Å²) in [6, 6.07) is 18.2. The standard InChI is InChI=1S/C22H20N2O3S2/c1-14(2)29(26,27)17-11-8-16(9-12-17)21(25)23-22-24(3)20-18-7-5-4-6-15(18)10-13-19(20)28-22/h4-14H,1-3H3. The van der Waals surface area contributed by atoms with E-state index in [0.29, 0.717) is 10.4 Å². The van der Waals surface area contributed by atoms with Crippen LogP contribution in [0.15, 0.2) is 70.6 Å². The van der Waals surface area contributed by atoms with Gasteiger partial charge in [-0.15, -0.1) is 0 Å². The van der Waals surface area contributed by atoms with E-state index in [0.717, 1.165) is 21.0 Å². The number of fused-ring (bicyclic) bond motifs is 3. The van der Waals surface area contributed by atoms with Gasteiger partial charge in [-0.3, -0.25) is 4.79 Å². The van der Waals surface area contributed by atoms with Crippen molar-refractivity contribution >= 4 is 48.1 Å². The van der Waals surface area contributed by atoms with Crippen molar-refractivity contribution in [2.75, 3.05) is 0 Å². The molecule has 7 heteroatoms. The first-order valence-corrected chi connectivity index (χ1v) is 11.6. The monoisotopic (exact) mass is 424 g/mol. The predicted octanol–water partition coefficient (Wildman–Crippen LogP) is 4.32. The number of hydrogen-bond donors (Lipinski definition) is 0. The van der Waals surface area contributed by atoms with Gasteiger partial charge in [0.15, 0.2) is 14.6 Å². The maximum Gasteiger partial charge on any atom is 0.279 e. The lowest BCUT2D eigenvalue weighted by molar-refractivity contribution is 0.0998. The summed E-state index contributed by atoms with van der Waals surface area (Å²) < 4.78 is 27.5. The molecule has 1 heterocycles. The Kier molecular flexibility index (Phi) is 4.88. The summed E-state index contributed by atoms with van der Waals surface area (Å²) in [4.78, 5) is 17.8. The van der Waals surface area contributed by atoms with Crippen molar-refractivity contribution in [3.05, 3.63) is 71.0 Å². The minimum Gasteiger partial charge on any atom is -0.319 e. The average molecular weight is 425 g/mol. The van der Waals surface area contributed by atoms with Crippen molar-refractivity contribution in [1.29, 1.82) is 0 Å². The molecule has 29 heavy (non-hydrogen) atoms. The molecular formula is C22H20N2O3S2. The van der Waals surface area contributed by atoms with Gasteiger partial charge in [0.05, 0.1) is 20.4 Å². The van der Waals surface area contributed by atoms with Gasteiger partial charge in [-0.05, 0) is 49.6 Å². The topological polar surface area (TPSA) is 68.5 Å². The summed E-state index contributed by atoms with van der Waals surface area (Å²) in [5.41, 5.74) is 1.40. The number of benzene rings is 3. The first kappa shape index (κ1) is 19.5. The van der Waals surface area contributed by atoms with Crippen LogP contribution in [0, 0.1) is 0 Å². The molecule has 4 aromatic rings. The number of sulfone groups is 1. The zero-order valence-electron chi connectivity index (χ0n) is 16.3. The Balaban J connectivity index is 1.77. The lowest BCUT2D eigenvalue weighted by Gasteiger charge is -2.07. The summed E-state index contributed by atoms with van der Waals surface area (Å²) in [7, 11) is -1.47. The van der Waals surface area contributed by atoms with Crippen LogP contribution in [-0.4, -0.2) is 24.1 Å². The van der Waals surface area contributed by atoms with E-state index < -0.39 is 21.0 Å². The smallest absolute Gasteiger partial charge is 0.279 e. The van der Waals surface area contributed by atoms with Gasteiger partial charge in [0, 0.05) is 18.0 Å². The minimum absolute atomic E-state index is 0.211. The molecule has 1 amide bonds. The normalized spacial score (nSPS) is 12.9. The third-order valence-corrected chi connectivity index (χ3v) is 8.20. The molecule has 0 atom stereocenters. The predicted molar refractivity (Wildman–Crippen MR) is 117 cm³/mol. The van der Waals surface area contributed by atoms with Gasteiger partial charge in [0.2, 0.25) is 0 Å².